The topological polar surface area (TPSA) is 87.2 Å². The maximum Gasteiger partial charge on any atom is 0.410 e. The summed E-state index contributed by atoms with van der Waals surface area (Å²) in [6.45, 7) is 9.55. The van der Waals surface area contributed by atoms with E-state index in [9.17, 15) is 9.59 Å². The van der Waals surface area contributed by atoms with Crippen LogP contribution in [-0.2, 0) is 19.0 Å². The van der Waals surface area contributed by atoms with Crippen LogP contribution in [0.5, 0.6) is 5.88 Å². The molecule has 0 spiro atoms. The van der Waals surface area contributed by atoms with Gasteiger partial charge in [-0.25, -0.2) is 9.78 Å². The Bertz CT molecular complexity index is 695. The zero-order valence-corrected chi connectivity index (χ0v) is 18.7. The van der Waals surface area contributed by atoms with Gasteiger partial charge in [0.2, 0.25) is 5.88 Å². The van der Waals surface area contributed by atoms with Gasteiger partial charge in [-0.05, 0) is 58.1 Å². The van der Waals surface area contributed by atoms with Crippen LogP contribution in [0, 0.1) is 5.92 Å². The fourth-order valence-corrected chi connectivity index (χ4v) is 3.22. The Morgan fingerprint density at radius 1 is 1.27 bits per heavy atom. The van der Waals surface area contributed by atoms with Crippen LogP contribution in [-0.4, -0.2) is 61.0 Å². The van der Waals surface area contributed by atoms with Crippen molar-refractivity contribution in [3.63, 3.8) is 0 Å². The highest BCUT2D eigenvalue weighted by Crippen LogP contribution is 2.25. The number of ether oxygens (including phenoxy) is 4. The number of hydrogen-bond donors (Lipinski definition) is 0. The molecule has 0 aromatic carbocycles. The molecule has 1 aliphatic rings. The van der Waals surface area contributed by atoms with Crippen LogP contribution in [0.25, 0.3) is 0 Å². The van der Waals surface area contributed by atoms with E-state index in [1.165, 1.54) is 0 Å². The van der Waals surface area contributed by atoms with Crippen LogP contribution in [0.15, 0.2) is 18.3 Å². The average Bonchev–Trinajstić information content (AvgIpc) is 2.70. The predicted molar refractivity (Wildman–Crippen MR) is 111 cm³/mol. The van der Waals surface area contributed by atoms with Crippen LogP contribution in [0.3, 0.4) is 0 Å². The van der Waals surface area contributed by atoms with Crippen molar-refractivity contribution in [1.29, 1.82) is 0 Å². The Labute approximate surface area is 178 Å². The van der Waals surface area contributed by atoms with E-state index in [0.717, 1.165) is 18.4 Å². The zero-order chi connectivity index (χ0) is 22.1. The van der Waals surface area contributed by atoms with Gasteiger partial charge in [-0.2, -0.15) is 0 Å². The van der Waals surface area contributed by atoms with Crippen LogP contribution >= 0.6 is 0 Å². The number of methoxy groups -OCH3 is 1. The molecule has 1 unspecified atom stereocenters. The summed E-state index contributed by atoms with van der Waals surface area (Å²) in [7, 11) is 1.56. The lowest BCUT2D eigenvalue weighted by molar-refractivity contribution is -0.146. The third kappa shape index (κ3) is 7.82. The minimum absolute atomic E-state index is 0.136. The second-order valence-electron chi connectivity index (χ2n) is 8.38. The molecule has 1 fully saturated rings. The molecule has 8 heteroatoms. The highest BCUT2D eigenvalue weighted by atomic mass is 16.6. The minimum Gasteiger partial charge on any atom is -0.477 e. The Morgan fingerprint density at radius 3 is 2.57 bits per heavy atom. The number of amides is 1. The highest BCUT2D eigenvalue weighted by Gasteiger charge is 2.27. The number of rotatable bonds is 8. The third-order valence-electron chi connectivity index (χ3n) is 4.81. The summed E-state index contributed by atoms with van der Waals surface area (Å²) >= 11 is 0. The van der Waals surface area contributed by atoms with E-state index >= 15 is 0 Å². The summed E-state index contributed by atoms with van der Waals surface area (Å²) in [6.07, 6.45) is 2.81. The summed E-state index contributed by atoms with van der Waals surface area (Å²) in [4.78, 5) is 29.9. The van der Waals surface area contributed by atoms with Crippen molar-refractivity contribution < 1.29 is 28.5 Å². The molecule has 1 aliphatic heterocycles. The number of likely N-dealkylation sites (tertiary alicyclic amines) is 1. The maximum absolute atomic E-state index is 12.2. The predicted octanol–water partition coefficient (Wildman–Crippen LogP) is 3.75. The van der Waals surface area contributed by atoms with Gasteiger partial charge < -0.3 is 23.8 Å². The van der Waals surface area contributed by atoms with Gasteiger partial charge in [0.15, 0.2) is 0 Å². The summed E-state index contributed by atoms with van der Waals surface area (Å²) in [5.41, 5.74) is 0.330. The molecule has 30 heavy (non-hydrogen) atoms. The number of piperidine rings is 1. The van der Waals surface area contributed by atoms with Crippen LogP contribution in [0.1, 0.15) is 58.6 Å². The van der Waals surface area contributed by atoms with Crippen LogP contribution < -0.4 is 4.74 Å². The number of pyridine rings is 1. The van der Waals surface area contributed by atoms with Crippen LogP contribution in [0.4, 0.5) is 4.79 Å². The molecule has 0 radical (unpaired) electrons. The molecule has 1 aromatic heterocycles. The Kier molecular flexibility index (Phi) is 8.89. The summed E-state index contributed by atoms with van der Waals surface area (Å²) in [5, 5.41) is 0. The van der Waals surface area contributed by atoms with Crippen molar-refractivity contribution in [3.8, 4) is 5.88 Å². The SMILES string of the molecule is CCOC(=O)CC(OC)c1ccnc(OCC2CCN(C(=O)OC(C)(C)C)CC2)c1. The normalized spacial score (nSPS) is 16.1. The number of hydrogen-bond acceptors (Lipinski definition) is 7. The van der Waals surface area contributed by atoms with E-state index in [0.29, 0.717) is 38.1 Å². The molecule has 168 valence electrons. The van der Waals surface area contributed by atoms with Gasteiger partial charge in [0.05, 0.1) is 25.7 Å². The first-order chi connectivity index (χ1) is 14.2. The van der Waals surface area contributed by atoms with Gasteiger partial charge in [0.1, 0.15) is 5.60 Å². The fraction of sp³-hybridized carbons (Fsp3) is 0.682. The van der Waals surface area contributed by atoms with E-state index in [1.807, 2.05) is 20.8 Å². The molecule has 0 saturated carbocycles. The van der Waals surface area contributed by atoms with E-state index in [1.54, 1.807) is 37.3 Å². The van der Waals surface area contributed by atoms with Gasteiger partial charge in [0.25, 0.3) is 0 Å². The lowest BCUT2D eigenvalue weighted by Gasteiger charge is -2.33. The molecule has 1 saturated heterocycles. The zero-order valence-electron chi connectivity index (χ0n) is 18.7. The van der Waals surface area contributed by atoms with Gasteiger partial charge in [-0.15, -0.1) is 0 Å². The number of aromatic nitrogens is 1. The molecule has 2 heterocycles. The van der Waals surface area contributed by atoms with Gasteiger partial charge in [-0.3, -0.25) is 4.79 Å². The maximum atomic E-state index is 12.2. The van der Waals surface area contributed by atoms with Gasteiger partial charge >= 0.3 is 12.1 Å². The first-order valence-electron chi connectivity index (χ1n) is 10.5. The standard InChI is InChI=1S/C22H34N2O6/c1-6-28-20(25)14-18(27-5)17-7-10-23-19(13-17)29-15-16-8-11-24(12-9-16)21(26)30-22(2,3)4/h7,10,13,16,18H,6,8-9,11-12,14-15H2,1-5H3. The molecule has 8 nitrogen and oxygen atoms in total. The Hall–Kier alpha value is -2.35. The van der Waals surface area contributed by atoms with E-state index in [4.69, 9.17) is 18.9 Å². The fourth-order valence-electron chi connectivity index (χ4n) is 3.22. The lowest BCUT2D eigenvalue weighted by atomic mass is 9.98. The van der Waals surface area contributed by atoms with Gasteiger partial charge in [-0.1, -0.05) is 0 Å². The second kappa shape index (κ2) is 11.2. The third-order valence-corrected chi connectivity index (χ3v) is 4.81. The smallest absolute Gasteiger partial charge is 0.410 e. The number of carbonyl (C=O) groups excluding carboxylic acids is 2. The average molecular weight is 423 g/mol. The lowest BCUT2D eigenvalue weighted by Crippen LogP contribution is -2.42. The molecule has 1 amide bonds. The molecular weight excluding hydrogens is 388 g/mol. The summed E-state index contributed by atoms with van der Waals surface area (Å²) in [6, 6.07) is 3.60. The molecule has 0 N–H and O–H groups in total. The molecule has 0 bridgehead atoms. The van der Waals surface area contributed by atoms with Crippen molar-refractivity contribution in [2.75, 3.05) is 33.4 Å². The molecule has 1 aromatic rings. The van der Waals surface area contributed by atoms with E-state index < -0.39 is 11.7 Å². The summed E-state index contributed by atoms with van der Waals surface area (Å²) < 4.78 is 21.8. The molecular formula is C22H34N2O6. The van der Waals surface area contributed by atoms with Crippen LogP contribution in [0.2, 0.25) is 0 Å². The van der Waals surface area contributed by atoms with E-state index in [-0.39, 0.29) is 18.5 Å². The van der Waals surface area contributed by atoms with Crippen molar-refractivity contribution >= 4 is 12.1 Å². The highest BCUT2D eigenvalue weighted by molar-refractivity contribution is 5.70. The number of esters is 1. The summed E-state index contributed by atoms with van der Waals surface area (Å²) in [5.74, 6) is 0.528. The Balaban J connectivity index is 1.83. The minimum atomic E-state index is -0.485. The molecule has 1 atom stereocenters. The van der Waals surface area contributed by atoms with Gasteiger partial charge in [0, 0.05) is 32.5 Å². The second-order valence-corrected chi connectivity index (χ2v) is 8.38. The molecule has 2 rings (SSSR count). The van der Waals surface area contributed by atoms with Crippen molar-refractivity contribution in [3.05, 3.63) is 23.9 Å². The van der Waals surface area contributed by atoms with E-state index in [2.05, 4.69) is 4.98 Å². The number of carbonyl (C=O) groups is 2. The Morgan fingerprint density at radius 2 is 1.97 bits per heavy atom. The quantitative estimate of drug-likeness (QED) is 0.590. The largest absolute Gasteiger partial charge is 0.477 e. The molecule has 0 aliphatic carbocycles. The number of nitrogens with zero attached hydrogens (tertiary/aromatic N) is 2. The van der Waals surface area contributed by atoms with Crippen molar-refractivity contribution in [2.24, 2.45) is 5.92 Å². The first kappa shape index (κ1) is 23.9. The van der Waals surface area contributed by atoms with Crippen molar-refractivity contribution in [1.82, 2.24) is 9.88 Å². The monoisotopic (exact) mass is 422 g/mol. The van der Waals surface area contributed by atoms with Crippen molar-refractivity contribution in [2.45, 2.75) is 58.7 Å². The first-order valence-corrected chi connectivity index (χ1v) is 10.5.